The van der Waals surface area contributed by atoms with Crippen molar-refractivity contribution in [3.63, 3.8) is 0 Å². The number of nitrogens with two attached hydrogens (primary N) is 1. The highest BCUT2D eigenvalue weighted by Gasteiger charge is 2.19. The lowest BCUT2D eigenvalue weighted by Gasteiger charge is -2.08. The van der Waals surface area contributed by atoms with Crippen LogP contribution in [-0.2, 0) is 10.0 Å². The van der Waals surface area contributed by atoms with Gasteiger partial charge in [-0.25, -0.2) is 4.39 Å². The van der Waals surface area contributed by atoms with Gasteiger partial charge in [0, 0.05) is 6.07 Å². The summed E-state index contributed by atoms with van der Waals surface area (Å²) in [5, 5.41) is -0.446. The maximum Gasteiger partial charge on any atom is 0.295 e. The van der Waals surface area contributed by atoms with Crippen molar-refractivity contribution in [2.24, 2.45) is 0 Å². The first-order valence-corrected chi connectivity index (χ1v) is 6.58. The highest BCUT2D eigenvalue weighted by molar-refractivity contribution is 7.92. The molecule has 5 nitrogen and oxygen atoms in total. The normalized spacial score (nSPS) is 11.4. The van der Waals surface area contributed by atoms with Crippen LogP contribution in [0.5, 0.6) is 0 Å². The highest BCUT2D eigenvalue weighted by Crippen LogP contribution is 2.24. The van der Waals surface area contributed by atoms with Crippen LogP contribution >= 0.6 is 11.6 Å². The summed E-state index contributed by atoms with van der Waals surface area (Å²) in [6.07, 6.45) is 0. The summed E-state index contributed by atoms with van der Waals surface area (Å²) in [7, 11) is -3.98. The Bertz CT molecular complexity index is 684. The lowest BCUT2D eigenvalue weighted by molar-refractivity contribution is 0.453. The zero-order chi connectivity index (χ0) is 13.3. The molecule has 8 heteroatoms. The smallest absolute Gasteiger partial charge is 0.295 e. The number of rotatable bonds is 3. The van der Waals surface area contributed by atoms with Gasteiger partial charge in [0.05, 0.1) is 11.4 Å². The Hall–Kier alpha value is -1.73. The summed E-state index contributed by atoms with van der Waals surface area (Å²) in [5.74, 6) is -0.612. The third-order valence-electron chi connectivity index (χ3n) is 2.07. The van der Waals surface area contributed by atoms with Gasteiger partial charge in [-0.05, 0) is 35.9 Å². The second kappa shape index (κ2) is 4.51. The van der Waals surface area contributed by atoms with Gasteiger partial charge in [-0.1, -0.05) is 0 Å². The minimum absolute atomic E-state index is 0.0670. The average molecular weight is 291 g/mol. The fourth-order valence-electron chi connectivity index (χ4n) is 1.25. The summed E-state index contributed by atoms with van der Waals surface area (Å²) in [5.41, 5.74) is 5.56. The molecule has 0 aliphatic heterocycles. The van der Waals surface area contributed by atoms with Crippen molar-refractivity contribution in [1.82, 2.24) is 0 Å². The molecule has 0 spiro atoms. The van der Waals surface area contributed by atoms with Crippen molar-refractivity contribution < 1.29 is 17.2 Å². The second-order valence-corrected chi connectivity index (χ2v) is 5.38. The Morgan fingerprint density at radius 1 is 1.28 bits per heavy atom. The van der Waals surface area contributed by atoms with Crippen LogP contribution in [0, 0.1) is 5.82 Å². The van der Waals surface area contributed by atoms with Gasteiger partial charge in [0.1, 0.15) is 5.82 Å². The van der Waals surface area contributed by atoms with Crippen LogP contribution in [-0.4, -0.2) is 8.42 Å². The molecule has 0 unspecified atom stereocenters. The summed E-state index contributed by atoms with van der Waals surface area (Å²) >= 11 is 5.48. The maximum absolute atomic E-state index is 13.0. The molecule has 1 heterocycles. The summed E-state index contributed by atoms with van der Waals surface area (Å²) in [4.78, 5) is 0. The molecule has 0 radical (unpaired) electrons. The van der Waals surface area contributed by atoms with Crippen molar-refractivity contribution in [2.75, 3.05) is 10.5 Å². The third-order valence-corrected chi connectivity index (χ3v) is 3.51. The van der Waals surface area contributed by atoms with Crippen LogP contribution in [0.15, 0.2) is 39.8 Å². The molecule has 2 aromatic rings. The van der Waals surface area contributed by atoms with E-state index in [1.165, 1.54) is 18.2 Å². The quantitative estimate of drug-likeness (QED) is 0.850. The summed E-state index contributed by atoms with van der Waals surface area (Å²) in [6.45, 7) is 0. The van der Waals surface area contributed by atoms with Gasteiger partial charge >= 0.3 is 0 Å². The van der Waals surface area contributed by atoms with E-state index in [9.17, 15) is 12.8 Å². The van der Waals surface area contributed by atoms with Gasteiger partial charge < -0.3 is 10.2 Å². The number of furan rings is 1. The van der Waals surface area contributed by atoms with E-state index >= 15 is 0 Å². The van der Waals surface area contributed by atoms with E-state index in [2.05, 4.69) is 4.72 Å². The molecule has 18 heavy (non-hydrogen) atoms. The molecule has 0 bridgehead atoms. The van der Waals surface area contributed by atoms with Crippen LogP contribution in [0.3, 0.4) is 0 Å². The van der Waals surface area contributed by atoms with E-state index < -0.39 is 15.8 Å². The van der Waals surface area contributed by atoms with Gasteiger partial charge in [-0.15, -0.1) is 0 Å². The largest absolute Gasteiger partial charge is 0.431 e. The average Bonchev–Trinajstić information content (AvgIpc) is 2.71. The minimum Gasteiger partial charge on any atom is -0.431 e. The maximum atomic E-state index is 13.0. The number of nitrogen functional groups attached to an aromatic ring is 1. The Labute approximate surface area is 107 Å². The number of benzene rings is 1. The molecule has 1 aromatic heterocycles. The number of nitrogens with one attached hydrogen (secondary N) is 1. The van der Waals surface area contributed by atoms with Gasteiger partial charge in [0.15, 0.2) is 5.22 Å². The Morgan fingerprint density at radius 2 is 2.00 bits per heavy atom. The first-order valence-electron chi connectivity index (χ1n) is 4.72. The molecule has 0 saturated heterocycles. The molecule has 0 amide bonds. The van der Waals surface area contributed by atoms with Crippen LogP contribution in [0.2, 0.25) is 5.22 Å². The zero-order valence-electron chi connectivity index (χ0n) is 8.85. The van der Waals surface area contributed by atoms with Crippen molar-refractivity contribution in [3.05, 3.63) is 41.4 Å². The Balaban J connectivity index is 2.36. The molecule has 1 aromatic carbocycles. The van der Waals surface area contributed by atoms with E-state index in [4.69, 9.17) is 21.8 Å². The van der Waals surface area contributed by atoms with E-state index in [0.717, 1.165) is 12.1 Å². The first kappa shape index (κ1) is 12.7. The van der Waals surface area contributed by atoms with Gasteiger partial charge in [-0.2, -0.15) is 8.42 Å². The topological polar surface area (TPSA) is 85.3 Å². The lowest BCUT2D eigenvalue weighted by Crippen LogP contribution is -2.13. The van der Waals surface area contributed by atoms with Crippen LogP contribution in [0.4, 0.5) is 15.8 Å². The van der Waals surface area contributed by atoms with E-state index in [1.807, 2.05) is 0 Å². The van der Waals surface area contributed by atoms with Crippen molar-refractivity contribution in [1.29, 1.82) is 0 Å². The number of hydrogen-bond acceptors (Lipinski definition) is 4. The minimum atomic E-state index is -3.98. The first-order chi connectivity index (χ1) is 8.38. The van der Waals surface area contributed by atoms with Crippen LogP contribution in [0.1, 0.15) is 0 Å². The molecule has 96 valence electrons. The number of halogens is 2. The van der Waals surface area contributed by atoms with Crippen molar-refractivity contribution >= 4 is 33.0 Å². The van der Waals surface area contributed by atoms with Gasteiger partial charge in [-0.3, -0.25) is 4.72 Å². The zero-order valence-corrected chi connectivity index (χ0v) is 10.4. The Morgan fingerprint density at radius 3 is 2.61 bits per heavy atom. The van der Waals surface area contributed by atoms with E-state index in [0.29, 0.717) is 0 Å². The SMILES string of the molecule is Nc1ccc(F)cc1NS(=O)(=O)c1ccc(Cl)o1. The fourth-order valence-corrected chi connectivity index (χ4v) is 2.46. The lowest BCUT2D eigenvalue weighted by atomic mass is 10.3. The summed E-state index contributed by atoms with van der Waals surface area (Å²) in [6, 6.07) is 5.81. The Kier molecular flexibility index (Phi) is 3.18. The molecule has 0 atom stereocenters. The number of hydrogen-bond donors (Lipinski definition) is 2. The summed E-state index contributed by atoms with van der Waals surface area (Å²) < 4.78 is 43.6. The third kappa shape index (κ3) is 2.57. The second-order valence-electron chi connectivity index (χ2n) is 3.40. The number of sulfonamides is 1. The molecule has 3 N–H and O–H groups in total. The molecular weight excluding hydrogens is 283 g/mol. The van der Waals surface area contributed by atoms with Gasteiger partial charge in [0.25, 0.3) is 10.0 Å². The fraction of sp³-hybridized carbons (Fsp3) is 0. The molecular formula is C10H8ClFN2O3S. The number of anilines is 2. The predicted octanol–water partition coefficient (Wildman–Crippen LogP) is 2.46. The van der Waals surface area contributed by atoms with Crippen LogP contribution < -0.4 is 10.5 Å². The van der Waals surface area contributed by atoms with E-state index in [1.54, 1.807) is 0 Å². The molecule has 0 aliphatic rings. The van der Waals surface area contributed by atoms with Crippen LogP contribution in [0.25, 0.3) is 0 Å². The standard InChI is InChI=1S/C10H8ClFN2O3S/c11-9-3-4-10(17-9)18(15,16)14-8-5-6(12)1-2-7(8)13/h1-5,14H,13H2. The van der Waals surface area contributed by atoms with E-state index in [-0.39, 0.29) is 21.7 Å². The molecule has 0 aliphatic carbocycles. The predicted molar refractivity (Wildman–Crippen MR) is 65.3 cm³/mol. The van der Waals surface area contributed by atoms with Crippen molar-refractivity contribution in [3.8, 4) is 0 Å². The molecule has 2 rings (SSSR count). The van der Waals surface area contributed by atoms with Crippen molar-refractivity contribution in [2.45, 2.75) is 5.09 Å². The monoisotopic (exact) mass is 290 g/mol. The molecule has 0 saturated carbocycles. The van der Waals surface area contributed by atoms with Gasteiger partial charge in [0.2, 0.25) is 5.09 Å². The highest BCUT2D eigenvalue weighted by atomic mass is 35.5. The molecule has 0 fully saturated rings.